The number of alkyl halides is 3. The number of aromatic nitrogens is 2. The second kappa shape index (κ2) is 6.08. The summed E-state index contributed by atoms with van der Waals surface area (Å²) >= 11 is 0. The lowest BCUT2D eigenvalue weighted by molar-refractivity contribution is -0.139. The number of ether oxygens (including phenoxy) is 1. The molecular weight excluding hydrogens is 342 g/mol. The van der Waals surface area contributed by atoms with Gasteiger partial charge in [-0.25, -0.2) is 14.4 Å². The second-order valence-corrected chi connectivity index (χ2v) is 5.08. The van der Waals surface area contributed by atoms with Crippen LogP contribution >= 0.6 is 0 Å². The molecule has 0 atom stereocenters. The summed E-state index contributed by atoms with van der Waals surface area (Å²) in [7, 11) is 1.37. The van der Waals surface area contributed by atoms with Gasteiger partial charge in [0.2, 0.25) is 0 Å². The van der Waals surface area contributed by atoms with Gasteiger partial charge in [0.1, 0.15) is 18.0 Å². The van der Waals surface area contributed by atoms with Crippen LogP contribution in [0.4, 0.5) is 29.1 Å². The van der Waals surface area contributed by atoms with Crippen molar-refractivity contribution >= 4 is 22.4 Å². The minimum absolute atomic E-state index is 0.0102. The van der Waals surface area contributed by atoms with Crippen LogP contribution in [0.1, 0.15) is 5.56 Å². The summed E-state index contributed by atoms with van der Waals surface area (Å²) in [4.78, 5) is 7.99. The van der Waals surface area contributed by atoms with Crippen molar-refractivity contribution < 1.29 is 27.4 Å². The van der Waals surface area contributed by atoms with Crippen molar-refractivity contribution in [1.82, 2.24) is 9.97 Å². The third kappa shape index (κ3) is 3.25. The minimum atomic E-state index is -4.82. The van der Waals surface area contributed by atoms with E-state index in [9.17, 15) is 22.7 Å². The van der Waals surface area contributed by atoms with Gasteiger partial charge in [0, 0.05) is 17.1 Å². The Balaban J connectivity index is 2.05. The first-order chi connectivity index (χ1) is 11.8. The number of methoxy groups -OCH3 is 1. The Bertz CT molecular complexity index is 945. The number of benzene rings is 2. The number of nitrogens with zero attached hydrogens (tertiary/aromatic N) is 2. The molecule has 0 fully saturated rings. The molecule has 0 saturated carbocycles. The van der Waals surface area contributed by atoms with Crippen LogP contribution in [0, 0.1) is 5.82 Å². The Morgan fingerprint density at radius 2 is 1.88 bits per heavy atom. The highest BCUT2D eigenvalue weighted by atomic mass is 19.4. The second-order valence-electron chi connectivity index (χ2n) is 5.08. The van der Waals surface area contributed by atoms with E-state index in [-0.39, 0.29) is 23.0 Å². The minimum Gasteiger partial charge on any atom is -0.504 e. The van der Waals surface area contributed by atoms with Gasteiger partial charge in [0.25, 0.3) is 0 Å². The SMILES string of the molecule is COc1cc2ncnc(Nc3ccc(F)c(C(F)(F)F)c3)c2cc1O. The molecule has 130 valence electrons. The fourth-order valence-electron chi connectivity index (χ4n) is 2.29. The summed E-state index contributed by atoms with van der Waals surface area (Å²) in [6, 6.07) is 5.30. The average Bonchev–Trinajstić information content (AvgIpc) is 2.55. The summed E-state index contributed by atoms with van der Waals surface area (Å²) in [5.41, 5.74) is -0.991. The van der Waals surface area contributed by atoms with Crippen LogP contribution in [-0.2, 0) is 6.18 Å². The molecule has 0 bridgehead atoms. The van der Waals surface area contributed by atoms with Crippen LogP contribution in [0.15, 0.2) is 36.7 Å². The van der Waals surface area contributed by atoms with E-state index in [0.29, 0.717) is 17.0 Å². The smallest absolute Gasteiger partial charge is 0.419 e. The van der Waals surface area contributed by atoms with Crippen molar-refractivity contribution in [2.75, 3.05) is 12.4 Å². The molecule has 3 rings (SSSR count). The molecule has 0 spiro atoms. The van der Waals surface area contributed by atoms with Gasteiger partial charge >= 0.3 is 6.18 Å². The number of halogens is 4. The summed E-state index contributed by atoms with van der Waals surface area (Å²) < 4.78 is 56.8. The zero-order chi connectivity index (χ0) is 18.2. The van der Waals surface area contributed by atoms with Crippen LogP contribution in [0.3, 0.4) is 0 Å². The Hall–Kier alpha value is -3.10. The molecule has 2 aromatic carbocycles. The van der Waals surface area contributed by atoms with Gasteiger partial charge in [0.05, 0.1) is 18.2 Å². The molecular formula is C16H11F4N3O2. The van der Waals surface area contributed by atoms with Gasteiger partial charge in [-0.05, 0) is 24.3 Å². The fraction of sp³-hybridized carbons (Fsp3) is 0.125. The molecule has 0 amide bonds. The van der Waals surface area contributed by atoms with E-state index < -0.39 is 17.6 Å². The number of rotatable bonds is 3. The van der Waals surface area contributed by atoms with Crippen LogP contribution in [0.25, 0.3) is 10.9 Å². The Kier molecular flexibility index (Phi) is 4.07. The van der Waals surface area contributed by atoms with E-state index in [0.717, 1.165) is 12.1 Å². The largest absolute Gasteiger partial charge is 0.504 e. The first-order valence-electron chi connectivity index (χ1n) is 6.95. The average molecular weight is 353 g/mol. The first-order valence-corrected chi connectivity index (χ1v) is 6.95. The number of fused-ring (bicyclic) bond motifs is 1. The van der Waals surface area contributed by atoms with Crippen molar-refractivity contribution in [2.45, 2.75) is 6.18 Å². The first kappa shape index (κ1) is 16.7. The lowest BCUT2D eigenvalue weighted by Crippen LogP contribution is -2.08. The normalized spacial score (nSPS) is 11.6. The Labute approximate surface area is 138 Å². The molecule has 0 unspecified atom stereocenters. The monoisotopic (exact) mass is 353 g/mol. The van der Waals surface area contributed by atoms with Crippen molar-refractivity contribution in [2.24, 2.45) is 0 Å². The predicted octanol–water partition coefficient (Wildman–Crippen LogP) is 4.25. The molecule has 2 N–H and O–H groups in total. The van der Waals surface area contributed by atoms with Crippen LogP contribution in [0.5, 0.6) is 11.5 Å². The topological polar surface area (TPSA) is 67.3 Å². The highest BCUT2D eigenvalue weighted by Gasteiger charge is 2.34. The molecule has 0 aliphatic carbocycles. The highest BCUT2D eigenvalue weighted by Crippen LogP contribution is 2.36. The van der Waals surface area contributed by atoms with Gasteiger partial charge in [-0.1, -0.05) is 0 Å². The van der Waals surface area contributed by atoms with E-state index in [1.165, 1.54) is 25.6 Å². The number of hydrogen-bond acceptors (Lipinski definition) is 5. The number of hydrogen-bond donors (Lipinski definition) is 2. The van der Waals surface area contributed by atoms with E-state index in [1.807, 2.05) is 0 Å². The van der Waals surface area contributed by atoms with E-state index in [1.54, 1.807) is 0 Å². The fourth-order valence-corrected chi connectivity index (χ4v) is 2.29. The van der Waals surface area contributed by atoms with Crippen molar-refractivity contribution in [1.29, 1.82) is 0 Å². The molecule has 0 saturated heterocycles. The van der Waals surface area contributed by atoms with E-state index in [2.05, 4.69) is 15.3 Å². The zero-order valence-corrected chi connectivity index (χ0v) is 12.7. The number of phenolic OH excluding ortho intramolecular Hbond substituents is 1. The molecule has 0 aliphatic heterocycles. The molecule has 0 aliphatic rings. The van der Waals surface area contributed by atoms with Crippen LogP contribution < -0.4 is 10.1 Å². The van der Waals surface area contributed by atoms with Crippen molar-refractivity contribution in [3.05, 3.63) is 48.0 Å². The van der Waals surface area contributed by atoms with Gasteiger partial charge in [-0.3, -0.25) is 0 Å². The third-order valence-electron chi connectivity index (χ3n) is 3.47. The van der Waals surface area contributed by atoms with Gasteiger partial charge in [0.15, 0.2) is 11.5 Å². The summed E-state index contributed by atoms with van der Waals surface area (Å²) in [5, 5.41) is 12.9. The highest BCUT2D eigenvalue weighted by molar-refractivity contribution is 5.92. The number of aromatic hydroxyl groups is 1. The molecule has 9 heteroatoms. The lowest BCUT2D eigenvalue weighted by atomic mass is 10.1. The van der Waals surface area contributed by atoms with Crippen LogP contribution in [0.2, 0.25) is 0 Å². The number of nitrogens with one attached hydrogen (secondary N) is 1. The van der Waals surface area contributed by atoms with E-state index in [4.69, 9.17) is 4.74 Å². The molecule has 25 heavy (non-hydrogen) atoms. The molecule has 5 nitrogen and oxygen atoms in total. The standard InChI is InChI=1S/C16H11F4N3O2/c1-25-14-6-12-9(5-13(14)24)15(22-7-21-12)23-8-2-3-11(17)10(4-8)16(18,19)20/h2-7,24H,1H3,(H,21,22,23). The van der Waals surface area contributed by atoms with Gasteiger partial charge in [-0.15, -0.1) is 0 Å². The number of phenols is 1. The van der Waals surface area contributed by atoms with Crippen molar-refractivity contribution in [3.63, 3.8) is 0 Å². The quantitative estimate of drug-likeness (QED) is 0.689. The molecule has 1 aromatic heterocycles. The maximum atomic E-state index is 13.4. The van der Waals surface area contributed by atoms with Crippen LogP contribution in [-0.4, -0.2) is 22.2 Å². The molecule has 1 heterocycles. The maximum Gasteiger partial charge on any atom is 0.419 e. The van der Waals surface area contributed by atoms with E-state index >= 15 is 0 Å². The van der Waals surface area contributed by atoms with Gasteiger partial charge < -0.3 is 15.2 Å². The summed E-state index contributed by atoms with van der Waals surface area (Å²) in [6.45, 7) is 0. The summed E-state index contributed by atoms with van der Waals surface area (Å²) in [6.07, 6.45) is -3.61. The summed E-state index contributed by atoms with van der Waals surface area (Å²) in [5.74, 6) is -1.20. The number of anilines is 2. The molecule has 3 aromatic rings. The lowest BCUT2D eigenvalue weighted by Gasteiger charge is -2.13. The zero-order valence-electron chi connectivity index (χ0n) is 12.7. The van der Waals surface area contributed by atoms with Crippen molar-refractivity contribution in [3.8, 4) is 11.5 Å². The Morgan fingerprint density at radius 3 is 2.56 bits per heavy atom. The molecule has 0 radical (unpaired) electrons. The predicted molar refractivity (Wildman–Crippen MR) is 82.4 cm³/mol. The Morgan fingerprint density at radius 1 is 1.12 bits per heavy atom. The van der Waals surface area contributed by atoms with Gasteiger partial charge in [-0.2, -0.15) is 13.2 Å². The maximum absolute atomic E-state index is 13.4. The third-order valence-corrected chi connectivity index (χ3v) is 3.47.